The van der Waals surface area contributed by atoms with E-state index in [9.17, 15) is 24.1 Å². The van der Waals surface area contributed by atoms with Gasteiger partial charge in [0.1, 0.15) is 0 Å². The van der Waals surface area contributed by atoms with E-state index in [1.807, 2.05) is 19.1 Å². The van der Waals surface area contributed by atoms with E-state index < -0.39 is 36.9 Å². The van der Waals surface area contributed by atoms with Gasteiger partial charge in [-0.3, -0.25) is 0 Å². The maximum atomic E-state index is 13.1. The molecule has 1 heterocycles. The van der Waals surface area contributed by atoms with E-state index in [1.165, 1.54) is 6.82 Å². The molecule has 2 N–H and O–H groups in total. The summed E-state index contributed by atoms with van der Waals surface area (Å²) in [7, 11) is -0.360. The number of Topliss-reactive ketones (excluding diaryl/α,β-unsaturated/α-hetero) is 1. The van der Waals surface area contributed by atoms with Crippen molar-refractivity contribution in [3.05, 3.63) is 35.4 Å². The number of amides is 2. The van der Waals surface area contributed by atoms with Crippen molar-refractivity contribution < 1.29 is 24.1 Å². The molecule has 0 aromatic heterocycles. The number of carbonyl (C=O) groups is 3. The number of aryl methyl sites for hydroxylation is 1. The van der Waals surface area contributed by atoms with E-state index in [1.54, 1.807) is 26.0 Å². The first-order chi connectivity index (χ1) is 14.2. The van der Waals surface area contributed by atoms with Crippen LogP contribution in [0.4, 0.5) is 0 Å². The Bertz CT molecular complexity index is 828. The molecular formula is C20H27B2N3O5. The minimum absolute atomic E-state index is 0.00488. The van der Waals surface area contributed by atoms with Crippen molar-refractivity contribution in [1.82, 2.24) is 10.1 Å². The van der Waals surface area contributed by atoms with Gasteiger partial charge in [-0.05, 0) is 0 Å². The molecule has 0 saturated carbocycles. The number of nitrogens with one attached hydrogen (secondary N) is 1. The molecule has 1 aromatic carbocycles. The molecule has 1 aliphatic rings. The number of hydrogen-bond donors (Lipinski definition) is 2. The number of benzene rings is 1. The van der Waals surface area contributed by atoms with Gasteiger partial charge in [-0.15, -0.1) is 0 Å². The fourth-order valence-corrected chi connectivity index (χ4v) is 3.59. The average molecular weight is 411 g/mol. The fourth-order valence-electron chi connectivity index (χ4n) is 3.59. The molecule has 0 unspecified atom stereocenters. The molecule has 2 amide bonds. The number of hydrogen-bond acceptors (Lipinski definition) is 7. The first-order valence-corrected chi connectivity index (χ1v) is 10.0. The van der Waals surface area contributed by atoms with Gasteiger partial charge in [-0.1, -0.05) is 0 Å². The third kappa shape index (κ3) is 5.58. The fraction of sp³-hybridized carbons (Fsp3) is 0.500. The Balaban J connectivity index is 2.14. The zero-order chi connectivity index (χ0) is 22.4. The molecule has 1 aromatic rings. The molecule has 158 valence electrons. The van der Waals surface area contributed by atoms with Gasteiger partial charge in [0.15, 0.2) is 0 Å². The molecule has 0 radical (unpaired) electrons. The van der Waals surface area contributed by atoms with Crippen LogP contribution in [0.3, 0.4) is 0 Å². The SMILES string of the molecule is CB(O)N[C@H]1C(=O)N(C(=O)[C@H](CN=CB=O)[C@@H](C)CC(=O)c2ccc(C)cc2)[C@@H]1C. The quantitative estimate of drug-likeness (QED) is 0.254. The summed E-state index contributed by atoms with van der Waals surface area (Å²) in [6.07, 6.45) is 1.18. The summed E-state index contributed by atoms with van der Waals surface area (Å²) < 4.78 is 10.6. The van der Waals surface area contributed by atoms with Crippen LogP contribution in [0.1, 0.15) is 36.2 Å². The first-order valence-electron chi connectivity index (χ1n) is 10.0. The monoisotopic (exact) mass is 411 g/mol. The Hall–Kier alpha value is -2.45. The first kappa shape index (κ1) is 23.8. The molecule has 0 bridgehead atoms. The molecule has 8 nitrogen and oxygen atoms in total. The molecule has 1 fully saturated rings. The van der Waals surface area contributed by atoms with Gasteiger partial charge in [0.25, 0.3) is 0 Å². The van der Waals surface area contributed by atoms with Gasteiger partial charge < -0.3 is 0 Å². The van der Waals surface area contributed by atoms with Crippen LogP contribution in [-0.2, 0) is 14.3 Å². The van der Waals surface area contributed by atoms with E-state index in [0.717, 1.165) is 16.6 Å². The zero-order valence-corrected chi connectivity index (χ0v) is 17.7. The van der Waals surface area contributed by atoms with Crippen molar-refractivity contribution in [3.63, 3.8) is 0 Å². The Morgan fingerprint density at radius 1 is 1.37 bits per heavy atom. The number of rotatable bonds is 10. The standard InChI is InChI=1S/C20H27B2N3O5/c1-12-5-7-15(8-6-12)17(26)9-13(2)16(10-23-11-21-29)19(27)25-14(3)18(20(25)28)24-22(4)30/h5-8,11,13-14,16,18,24,30H,9-10H2,1-4H3/t13-,14+,16+,18+/m0/s1. The minimum atomic E-state index is -0.877. The second-order valence-corrected chi connectivity index (χ2v) is 7.83. The van der Waals surface area contributed by atoms with E-state index in [4.69, 9.17) is 0 Å². The van der Waals surface area contributed by atoms with E-state index in [-0.39, 0.29) is 24.7 Å². The second-order valence-electron chi connectivity index (χ2n) is 7.83. The summed E-state index contributed by atoms with van der Waals surface area (Å²) in [6.45, 7) is 6.92. The van der Waals surface area contributed by atoms with Crippen LogP contribution in [0, 0.1) is 18.8 Å². The molecular weight excluding hydrogens is 384 g/mol. The van der Waals surface area contributed by atoms with E-state index in [0.29, 0.717) is 12.7 Å². The van der Waals surface area contributed by atoms with Crippen LogP contribution >= 0.6 is 0 Å². The number of likely N-dealkylation sites (tertiary alicyclic amines) is 1. The van der Waals surface area contributed by atoms with Gasteiger partial charge in [-0.2, -0.15) is 0 Å². The zero-order valence-electron chi connectivity index (χ0n) is 17.7. The third-order valence-electron chi connectivity index (χ3n) is 5.40. The van der Waals surface area contributed by atoms with Gasteiger partial charge in [0.2, 0.25) is 0 Å². The van der Waals surface area contributed by atoms with Crippen LogP contribution in [-0.4, -0.2) is 66.5 Å². The molecule has 30 heavy (non-hydrogen) atoms. The second kappa shape index (κ2) is 10.5. The molecule has 0 aliphatic carbocycles. The van der Waals surface area contributed by atoms with Crippen molar-refractivity contribution in [2.24, 2.45) is 16.8 Å². The Kier molecular flexibility index (Phi) is 8.37. The summed E-state index contributed by atoms with van der Waals surface area (Å²) in [5.74, 6) is -2.07. The van der Waals surface area contributed by atoms with Crippen LogP contribution in [0.5, 0.6) is 0 Å². The van der Waals surface area contributed by atoms with Gasteiger partial charge in [0, 0.05) is 0 Å². The molecule has 1 aliphatic heterocycles. The average Bonchev–Trinajstić information content (AvgIpc) is 2.69. The number of β-lactam (4-membered cyclic amide) rings is 1. The Morgan fingerprint density at radius 2 is 2.00 bits per heavy atom. The number of aliphatic imine (C=N–C) groups is 1. The molecule has 0 spiro atoms. The predicted octanol–water partition coefficient (Wildman–Crippen LogP) is 0.724. The normalized spacial score (nSPS) is 20.4. The van der Waals surface area contributed by atoms with Crippen LogP contribution in [0.25, 0.3) is 0 Å². The van der Waals surface area contributed by atoms with Crippen molar-refractivity contribution >= 4 is 37.9 Å². The Labute approximate surface area is 177 Å². The molecule has 4 atom stereocenters. The van der Waals surface area contributed by atoms with Gasteiger partial charge in [0.05, 0.1) is 0 Å². The summed E-state index contributed by atoms with van der Waals surface area (Å²) in [6, 6.07) is 6.13. The van der Waals surface area contributed by atoms with Crippen LogP contribution in [0.2, 0.25) is 6.82 Å². The van der Waals surface area contributed by atoms with Crippen LogP contribution < -0.4 is 5.23 Å². The summed E-state index contributed by atoms with van der Waals surface area (Å²) in [5, 5.41) is 12.2. The van der Waals surface area contributed by atoms with E-state index in [2.05, 4.69) is 10.2 Å². The number of nitrogens with zero attached hydrogens (tertiary/aromatic N) is 2. The molecule has 10 heteroatoms. The molecule has 2 rings (SSSR count). The maximum absolute atomic E-state index is 13.1. The van der Waals surface area contributed by atoms with Crippen LogP contribution in [0.15, 0.2) is 29.3 Å². The van der Waals surface area contributed by atoms with Crippen molar-refractivity contribution in [2.75, 3.05) is 6.54 Å². The molecule has 1 saturated heterocycles. The number of carbonyl (C=O) groups excluding carboxylic acids is 3. The third-order valence-corrected chi connectivity index (χ3v) is 5.40. The summed E-state index contributed by atoms with van der Waals surface area (Å²) >= 11 is 0. The van der Waals surface area contributed by atoms with Crippen molar-refractivity contribution in [2.45, 2.75) is 46.1 Å². The summed E-state index contributed by atoms with van der Waals surface area (Å²) in [5.41, 5.74) is 1.60. The van der Waals surface area contributed by atoms with Crippen molar-refractivity contribution in [1.29, 1.82) is 0 Å². The van der Waals surface area contributed by atoms with Crippen molar-refractivity contribution in [3.8, 4) is 0 Å². The van der Waals surface area contributed by atoms with E-state index >= 15 is 0 Å². The van der Waals surface area contributed by atoms with Gasteiger partial charge >= 0.3 is 177 Å². The predicted molar refractivity (Wildman–Crippen MR) is 115 cm³/mol. The number of ketones is 1. The Morgan fingerprint density at radius 3 is 2.53 bits per heavy atom. The van der Waals surface area contributed by atoms with Gasteiger partial charge in [-0.25, -0.2) is 0 Å². The number of imide groups is 1. The topological polar surface area (TPSA) is 116 Å². The summed E-state index contributed by atoms with van der Waals surface area (Å²) in [4.78, 5) is 43.3.